The molecule has 4 aromatic carbocycles. The van der Waals surface area contributed by atoms with E-state index in [1.165, 1.54) is 28.8 Å². The molecular weight excluding hydrogens is 661 g/mol. The highest BCUT2D eigenvalue weighted by Crippen LogP contribution is 2.29. The molecule has 0 saturated carbocycles. The molecule has 7 nitrogen and oxygen atoms in total. The summed E-state index contributed by atoms with van der Waals surface area (Å²) >= 11 is 14.6. The van der Waals surface area contributed by atoms with Crippen LogP contribution >= 0.6 is 35.0 Å². The zero-order valence-electron chi connectivity index (χ0n) is 26.0. The summed E-state index contributed by atoms with van der Waals surface area (Å²) in [5.74, 6) is -0.951. The molecule has 0 spiro atoms. The number of carbonyl (C=O) groups is 2. The monoisotopic (exact) mass is 697 g/mol. The van der Waals surface area contributed by atoms with Gasteiger partial charge < -0.3 is 10.2 Å². The van der Waals surface area contributed by atoms with Crippen molar-refractivity contribution in [2.45, 2.75) is 49.1 Å². The van der Waals surface area contributed by atoms with Crippen LogP contribution in [-0.4, -0.2) is 50.5 Å². The Bertz CT molecular complexity index is 1720. The smallest absolute Gasteiger partial charge is 0.264 e. The number of benzene rings is 4. The standard InChI is InChI=1S/C35H37Cl2N3O4S2/c1-4-21-38-35(42)33(22-26-9-6-5-7-10-26)39(23-30-31(36)11-8-12-32(30)37)34(41)24-40(27-15-13-25(2)14-16-27)46(43,44)29-19-17-28(45-3)18-20-29/h5-20,33H,4,21-24H2,1-3H3,(H,38,42)/t33-/m0/s1. The van der Waals surface area contributed by atoms with E-state index in [-0.39, 0.29) is 23.8 Å². The van der Waals surface area contributed by atoms with Gasteiger partial charge in [-0.3, -0.25) is 13.9 Å². The summed E-state index contributed by atoms with van der Waals surface area (Å²) in [6.07, 6.45) is 2.80. The lowest BCUT2D eigenvalue weighted by Crippen LogP contribution is -2.53. The van der Waals surface area contributed by atoms with Crippen molar-refractivity contribution in [2.24, 2.45) is 0 Å². The molecule has 0 saturated heterocycles. The largest absolute Gasteiger partial charge is 0.354 e. The normalized spacial score (nSPS) is 11.9. The molecule has 0 radical (unpaired) electrons. The first kappa shape index (κ1) is 35.4. The maximum Gasteiger partial charge on any atom is 0.264 e. The predicted molar refractivity (Wildman–Crippen MR) is 188 cm³/mol. The summed E-state index contributed by atoms with van der Waals surface area (Å²) in [4.78, 5) is 30.7. The first-order valence-corrected chi connectivity index (χ1v) is 18.2. The third kappa shape index (κ3) is 8.85. The van der Waals surface area contributed by atoms with Gasteiger partial charge in [0.2, 0.25) is 11.8 Å². The molecule has 4 aromatic rings. The number of halogens is 2. The number of aryl methyl sites for hydroxylation is 1. The summed E-state index contributed by atoms with van der Waals surface area (Å²) < 4.78 is 29.5. The van der Waals surface area contributed by atoms with Crippen LogP contribution in [0.25, 0.3) is 0 Å². The summed E-state index contributed by atoms with van der Waals surface area (Å²) in [7, 11) is -4.20. The van der Waals surface area contributed by atoms with Crippen molar-refractivity contribution < 1.29 is 18.0 Å². The summed E-state index contributed by atoms with van der Waals surface area (Å²) in [5, 5.41) is 3.59. The van der Waals surface area contributed by atoms with Crippen LogP contribution in [0.3, 0.4) is 0 Å². The van der Waals surface area contributed by atoms with Gasteiger partial charge in [-0.15, -0.1) is 11.8 Å². The van der Waals surface area contributed by atoms with Crippen LogP contribution < -0.4 is 9.62 Å². The molecule has 1 atom stereocenters. The third-order valence-corrected chi connectivity index (χ3v) is 10.7. The van der Waals surface area contributed by atoms with Crippen molar-refractivity contribution in [3.63, 3.8) is 0 Å². The van der Waals surface area contributed by atoms with E-state index in [4.69, 9.17) is 23.2 Å². The quantitative estimate of drug-likeness (QED) is 0.139. The van der Waals surface area contributed by atoms with Gasteiger partial charge in [-0.05, 0) is 73.7 Å². The molecule has 242 valence electrons. The zero-order valence-corrected chi connectivity index (χ0v) is 29.1. The van der Waals surface area contributed by atoms with Gasteiger partial charge in [0.15, 0.2) is 0 Å². The van der Waals surface area contributed by atoms with E-state index in [9.17, 15) is 18.0 Å². The minimum absolute atomic E-state index is 0.0425. The molecule has 0 bridgehead atoms. The second-order valence-electron chi connectivity index (χ2n) is 10.7. The molecule has 11 heteroatoms. The Labute approximate surface area is 286 Å². The van der Waals surface area contributed by atoms with Crippen LogP contribution in [0.1, 0.15) is 30.0 Å². The Balaban J connectivity index is 1.82. The first-order valence-electron chi connectivity index (χ1n) is 14.8. The van der Waals surface area contributed by atoms with E-state index in [1.807, 2.05) is 50.4 Å². The molecule has 0 heterocycles. The minimum atomic E-state index is -4.20. The van der Waals surface area contributed by atoms with E-state index >= 15 is 0 Å². The molecule has 0 aromatic heterocycles. The molecule has 0 unspecified atom stereocenters. The third-order valence-electron chi connectivity index (χ3n) is 7.46. The van der Waals surface area contributed by atoms with Gasteiger partial charge in [-0.1, -0.05) is 84.2 Å². The topological polar surface area (TPSA) is 86.8 Å². The Kier molecular flexibility index (Phi) is 12.6. The number of nitrogens with one attached hydrogen (secondary N) is 1. The number of sulfonamides is 1. The van der Waals surface area contributed by atoms with Crippen molar-refractivity contribution in [1.29, 1.82) is 0 Å². The lowest BCUT2D eigenvalue weighted by molar-refractivity contribution is -0.140. The average Bonchev–Trinajstić information content (AvgIpc) is 3.06. The fraction of sp³-hybridized carbons (Fsp3) is 0.257. The number of nitrogens with zero attached hydrogens (tertiary/aromatic N) is 2. The van der Waals surface area contributed by atoms with Crippen LogP contribution in [0.4, 0.5) is 5.69 Å². The fourth-order valence-corrected chi connectivity index (χ4v) is 7.23. The second-order valence-corrected chi connectivity index (χ2v) is 14.3. The Hall–Kier alpha value is -3.50. The van der Waals surface area contributed by atoms with Crippen LogP contribution in [0, 0.1) is 6.92 Å². The highest BCUT2D eigenvalue weighted by Gasteiger charge is 2.35. The number of carbonyl (C=O) groups excluding carboxylic acids is 2. The first-order chi connectivity index (χ1) is 22.0. The van der Waals surface area contributed by atoms with E-state index in [0.717, 1.165) is 20.3 Å². The van der Waals surface area contributed by atoms with E-state index in [1.54, 1.807) is 54.6 Å². The molecule has 46 heavy (non-hydrogen) atoms. The van der Waals surface area contributed by atoms with Gasteiger partial charge in [0.1, 0.15) is 12.6 Å². The average molecular weight is 699 g/mol. The number of hydrogen-bond acceptors (Lipinski definition) is 5. The molecule has 0 aliphatic carbocycles. The van der Waals surface area contributed by atoms with Crippen molar-refractivity contribution in [3.05, 3.63) is 124 Å². The highest BCUT2D eigenvalue weighted by molar-refractivity contribution is 7.98. The summed E-state index contributed by atoms with van der Waals surface area (Å²) in [5.41, 5.74) is 2.54. The number of amides is 2. The molecule has 2 amide bonds. The lowest BCUT2D eigenvalue weighted by Gasteiger charge is -2.34. The van der Waals surface area contributed by atoms with Crippen molar-refractivity contribution >= 4 is 62.5 Å². The molecular formula is C35H37Cl2N3O4S2. The van der Waals surface area contributed by atoms with Crippen LogP contribution in [0.2, 0.25) is 10.0 Å². The number of anilines is 1. The minimum Gasteiger partial charge on any atom is -0.354 e. The van der Waals surface area contributed by atoms with Gasteiger partial charge in [0.25, 0.3) is 10.0 Å². The van der Waals surface area contributed by atoms with Gasteiger partial charge in [0, 0.05) is 40.0 Å². The van der Waals surface area contributed by atoms with Gasteiger partial charge in [0.05, 0.1) is 10.6 Å². The van der Waals surface area contributed by atoms with E-state index in [0.29, 0.717) is 34.3 Å². The maximum atomic E-state index is 14.6. The second kappa shape index (κ2) is 16.4. The number of rotatable bonds is 14. The Morgan fingerprint density at radius 1 is 0.870 bits per heavy atom. The maximum absolute atomic E-state index is 14.6. The van der Waals surface area contributed by atoms with Gasteiger partial charge in [-0.25, -0.2) is 8.42 Å². The van der Waals surface area contributed by atoms with Crippen LogP contribution in [0.5, 0.6) is 0 Å². The Morgan fingerprint density at radius 2 is 1.50 bits per heavy atom. The van der Waals surface area contributed by atoms with E-state index in [2.05, 4.69) is 5.32 Å². The summed E-state index contributed by atoms with van der Waals surface area (Å²) in [6, 6.07) is 26.8. The molecule has 0 aliphatic rings. The zero-order chi connectivity index (χ0) is 33.3. The SMILES string of the molecule is CCCNC(=O)[C@H](Cc1ccccc1)N(Cc1c(Cl)cccc1Cl)C(=O)CN(c1ccc(C)cc1)S(=O)(=O)c1ccc(SC)cc1. The molecule has 0 fully saturated rings. The van der Waals surface area contributed by atoms with E-state index < -0.39 is 28.5 Å². The fourth-order valence-electron chi connectivity index (χ4n) is 4.89. The van der Waals surface area contributed by atoms with Crippen molar-refractivity contribution in [3.8, 4) is 0 Å². The van der Waals surface area contributed by atoms with Crippen LogP contribution in [0.15, 0.2) is 107 Å². The number of thioether (sulfide) groups is 1. The summed E-state index contributed by atoms with van der Waals surface area (Å²) in [6.45, 7) is 3.57. The highest BCUT2D eigenvalue weighted by atomic mass is 35.5. The van der Waals surface area contributed by atoms with Crippen LogP contribution in [-0.2, 0) is 32.6 Å². The van der Waals surface area contributed by atoms with Gasteiger partial charge >= 0.3 is 0 Å². The molecule has 1 N–H and O–H groups in total. The lowest BCUT2D eigenvalue weighted by atomic mass is 10.0. The molecule has 4 rings (SSSR count). The number of hydrogen-bond donors (Lipinski definition) is 1. The van der Waals surface area contributed by atoms with Gasteiger partial charge in [-0.2, -0.15) is 0 Å². The molecule has 0 aliphatic heterocycles. The van der Waals surface area contributed by atoms with Crippen molar-refractivity contribution in [2.75, 3.05) is 23.7 Å². The predicted octanol–water partition coefficient (Wildman–Crippen LogP) is 7.39. The van der Waals surface area contributed by atoms with Crippen molar-refractivity contribution in [1.82, 2.24) is 10.2 Å². The Morgan fingerprint density at radius 3 is 2.09 bits per heavy atom.